The zero-order valence-electron chi connectivity index (χ0n) is 13.7. The van der Waals surface area contributed by atoms with Gasteiger partial charge in [0.25, 0.3) is 0 Å². The first-order valence-corrected chi connectivity index (χ1v) is 8.63. The molecule has 3 heterocycles. The normalized spacial score (nSPS) is 33.6. The quantitative estimate of drug-likeness (QED) is 0.806. The van der Waals surface area contributed by atoms with Gasteiger partial charge < -0.3 is 9.84 Å². The van der Waals surface area contributed by atoms with Gasteiger partial charge >= 0.3 is 5.97 Å². The van der Waals surface area contributed by atoms with Crippen molar-refractivity contribution >= 4 is 17.4 Å². The number of aliphatic hydroxyl groups is 1. The maximum absolute atomic E-state index is 12.5. The summed E-state index contributed by atoms with van der Waals surface area (Å²) in [5.41, 5.74) is 2.87. The lowest BCUT2D eigenvalue weighted by Gasteiger charge is -2.47. The van der Waals surface area contributed by atoms with E-state index in [1.807, 2.05) is 18.2 Å². The molecule has 2 saturated heterocycles. The Morgan fingerprint density at radius 2 is 2.21 bits per heavy atom. The minimum atomic E-state index is -0.471. The van der Waals surface area contributed by atoms with E-state index in [0.29, 0.717) is 5.57 Å². The number of benzene rings is 1. The maximum Gasteiger partial charge on any atom is 0.343 e. The fourth-order valence-electron chi connectivity index (χ4n) is 5.46. The van der Waals surface area contributed by atoms with Crippen LogP contribution in [0.3, 0.4) is 0 Å². The summed E-state index contributed by atoms with van der Waals surface area (Å²) in [6.45, 7) is 2.04. The van der Waals surface area contributed by atoms with Crippen LogP contribution in [0.5, 0.6) is 0 Å². The minimum absolute atomic E-state index is 0.0135. The Bertz CT molecular complexity index is 813. The molecule has 3 aliphatic heterocycles. The molecule has 1 N–H and O–H groups in total. The van der Waals surface area contributed by atoms with Crippen molar-refractivity contribution < 1.29 is 14.6 Å². The molecule has 0 saturated carbocycles. The van der Waals surface area contributed by atoms with Crippen molar-refractivity contribution in [1.29, 1.82) is 0 Å². The van der Waals surface area contributed by atoms with Gasteiger partial charge in [-0.2, -0.15) is 0 Å². The van der Waals surface area contributed by atoms with Crippen molar-refractivity contribution in [3.63, 3.8) is 0 Å². The van der Waals surface area contributed by atoms with Gasteiger partial charge in [0.05, 0.1) is 23.9 Å². The molecule has 5 nitrogen and oxygen atoms in total. The van der Waals surface area contributed by atoms with E-state index in [1.54, 1.807) is 0 Å². The average Bonchev–Trinajstić information content (AvgIpc) is 3.16. The van der Waals surface area contributed by atoms with Crippen molar-refractivity contribution in [3.8, 4) is 0 Å². The molecule has 124 valence electrons. The molecule has 2 fully saturated rings. The highest BCUT2D eigenvalue weighted by molar-refractivity contribution is 6.27. The Morgan fingerprint density at radius 1 is 1.38 bits per heavy atom. The van der Waals surface area contributed by atoms with Crippen LogP contribution >= 0.6 is 0 Å². The average molecular weight is 324 g/mol. The van der Waals surface area contributed by atoms with E-state index in [-0.39, 0.29) is 23.1 Å². The van der Waals surface area contributed by atoms with E-state index in [1.165, 1.54) is 12.7 Å². The van der Waals surface area contributed by atoms with Crippen molar-refractivity contribution in [3.05, 3.63) is 41.2 Å². The van der Waals surface area contributed by atoms with Crippen LogP contribution in [0.15, 0.2) is 40.6 Å². The van der Waals surface area contributed by atoms with E-state index in [4.69, 9.17) is 9.73 Å². The first-order chi connectivity index (χ1) is 11.7. The summed E-state index contributed by atoms with van der Waals surface area (Å²) < 4.78 is 5.00. The second-order valence-electron chi connectivity index (χ2n) is 7.18. The fraction of sp³-hybridized carbons (Fsp3) is 0.474. The number of carbonyl (C=O) groups excluding carboxylic acids is 1. The summed E-state index contributed by atoms with van der Waals surface area (Å²) in [7, 11) is 1.37. The molecule has 0 aromatic heterocycles. The van der Waals surface area contributed by atoms with Crippen molar-refractivity contribution in [1.82, 2.24) is 4.90 Å². The molecule has 1 aliphatic carbocycles. The SMILES string of the molecule is COC(=O)C1=C(O)[C@H]2CCCN3CC[C@@]4(C1=Nc1ccccc14)[C@@H]23. The number of esters is 1. The molecule has 24 heavy (non-hydrogen) atoms. The number of aliphatic hydroxyl groups excluding tert-OH is 1. The maximum atomic E-state index is 12.5. The molecular weight excluding hydrogens is 304 g/mol. The van der Waals surface area contributed by atoms with Crippen LogP contribution in [0.2, 0.25) is 0 Å². The van der Waals surface area contributed by atoms with Crippen LogP contribution in [-0.4, -0.2) is 47.9 Å². The van der Waals surface area contributed by atoms with Crippen LogP contribution in [0.1, 0.15) is 24.8 Å². The predicted molar refractivity (Wildman–Crippen MR) is 89.6 cm³/mol. The van der Waals surface area contributed by atoms with Crippen molar-refractivity contribution in [2.75, 3.05) is 20.2 Å². The number of fused-ring (bicyclic) bond motifs is 1. The van der Waals surface area contributed by atoms with Gasteiger partial charge in [-0.15, -0.1) is 0 Å². The molecule has 1 spiro atoms. The highest BCUT2D eigenvalue weighted by Gasteiger charge is 2.63. The summed E-state index contributed by atoms with van der Waals surface area (Å²) in [6, 6.07) is 8.36. The molecule has 1 aromatic rings. The van der Waals surface area contributed by atoms with Crippen LogP contribution in [0.25, 0.3) is 0 Å². The number of methoxy groups -OCH3 is 1. The third-order valence-electron chi connectivity index (χ3n) is 6.31. The van der Waals surface area contributed by atoms with Crippen LogP contribution in [-0.2, 0) is 14.9 Å². The summed E-state index contributed by atoms with van der Waals surface area (Å²) in [4.78, 5) is 19.8. The van der Waals surface area contributed by atoms with E-state index in [2.05, 4.69) is 11.0 Å². The van der Waals surface area contributed by atoms with Crippen LogP contribution in [0, 0.1) is 5.92 Å². The molecule has 5 heteroatoms. The number of rotatable bonds is 1. The molecule has 4 aliphatic rings. The molecule has 0 radical (unpaired) electrons. The van der Waals surface area contributed by atoms with Gasteiger partial charge in [0.2, 0.25) is 0 Å². The number of aliphatic imine (C=N–C) groups is 1. The monoisotopic (exact) mass is 324 g/mol. The zero-order valence-corrected chi connectivity index (χ0v) is 13.7. The second-order valence-corrected chi connectivity index (χ2v) is 7.18. The number of nitrogens with zero attached hydrogens (tertiary/aromatic N) is 2. The molecular formula is C19H20N2O3. The fourth-order valence-corrected chi connectivity index (χ4v) is 5.46. The zero-order chi connectivity index (χ0) is 16.5. The third-order valence-corrected chi connectivity index (χ3v) is 6.31. The van der Waals surface area contributed by atoms with Crippen molar-refractivity contribution in [2.24, 2.45) is 10.9 Å². The van der Waals surface area contributed by atoms with Gasteiger partial charge in [0.1, 0.15) is 11.3 Å². The van der Waals surface area contributed by atoms with E-state index in [0.717, 1.165) is 43.8 Å². The lowest BCUT2D eigenvalue weighted by Crippen LogP contribution is -2.57. The molecule has 0 unspecified atom stereocenters. The summed E-state index contributed by atoms with van der Waals surface area (Å²) in [5, 5.41) is 10.9. The lowest BCUT2D eigenvalue weighted by molar-refractivity contribution is -0.135. The predicted octanol–water partition coefficient (Wildman–Crippen LogP) is 2.49. The van der Waals surface area contributed by atoms with Gasteiger partial charge in [-0.05, 0) is 44.0 Å². The number of hydrogen-bond donors (Lipinski definition) is 1. The number of ether oxygens (including phenoxy) is 1. The van der Waals surface area contributed by atoms with Gasteiger partial charge in [-0.1, -0.05) is 18.2 Å². The number of para-hydroxylation sites is 1. The third kappa shape index (κ3) is 1.49. The Balaban J connectivity index is 1.81. The van der Waals surface area contributed by atoms with E-state index in [9.17, 15) is 9.90 Å². The number of carbonyl (C=O) groups is 1. The largest absolute Gasteiger partial charge is 0.511 e. The first-order valence-electron chi connectivity index (χ1n) is 8.63. The minimum Gasteiger partial charge on any atom is -0.511 e. The van der Waals surface area contributed by atoms with Gasteiger partial charge in [0, 0.05) is 12.0 Å². The topological polar surface area (TPSA) is 62.1 Å². The molecule has 0 amide bonds. The van der Waals surface area contributed by atoms with Crippen molar-refractivity contribution in [2.45, 2.75) is 30.7 Å². The van der Waals surface area contributed by atoms with E-state index >= 15 is 0 Å². The molecule has 1 aromatic carbocycles. The highest BCUT2D eigenvalue weighted by Crippen LogP contribution is 2.58. The van der Waals surface area contributed by atoms with E-state index < -0.39 is 5.97 Å². The van der Waals surface area contributed by atoms with Gasteiger partial charge in [-0.3, -0.25) is 9.89 Å². The molecule has 5 rings (SSSR count). The van der Waals surface area contributed by atoms with Gasteiger partial charge in [0.15, 0.2) is 0 Å². The first kappa shape index (κ1) is 14.2. The summed E-state index contributed by atoms with van der Waals surface area (Å²) >= 11 is 0. The standard InChI is InChI=1S/C19H20N2O3/c1-24-18(23)14-15(22)11-5-4-9-21-10-8-19(17(11)21)12-6-2-3-7-13(12)20-16(14)19/h2-3,6-7,11,17,22H,4-5,8-10H2,1H3/t11-,17-,19-/m1/s1. The van der Waals surface area contributed by atoms with Crippen LogP contribution in [0.4, 0.5) is 5.69 Å². The number of hydrogen-bond acceptors (Lipinski definition) is 5. The van der Waals surface area contributed by atoms with Crippen LogP contribution < -0.4 is 0 Å². The second kappa shape index (κ2) is 4.70. The lowest BCUT2D eigenvalue weighted by atomic mass is 9.60. The summed E-state index contributed by atoms with van der Waals surface area (Å²) in [6.07, 6.45) is 2.90. The Kier molecular flexibility index (Phi) is 2.78. The summed E-state index contributed by atoms with van der Waals surface area (Å²) in [5.74, 6) is -0.304. The Morgan fingerprint density at radius 3 is 3.04 bits per heavy atom. The highest BCUT2D eigenvalue weighted by atomic mass is 16.5. The van der Waals surface area contributed by atoms with Gasteiger partial charge in [-0.25, -0.2) is 4.79 Å². The number of piperidine rings is 1. The Labute approximate surface area is 140 Å². The smallest absolute Gasteiger partial charge is 0.343 e. The molecule has 0 bridgehead atoms. The Hall–Kier alpha value is -2.14. The molecule has 3 atom stereocenters.